The van der Waals surface area contributed by atoms with Crippen LogP contribution in [-0.4, -0.2) is 34.7 Å². The molecule has 2 N–H and O–H groups in total. The third-order valence-electron chi connectivity index (χ3n) is 2.84. The van der Waals surface area contributed by atoms with Crippen molar-refractivity contribution in [2.24, 2.45) is 0 Å². The Morgan fingerprint density at radius 1 is 1.18 bits per heavy atom. The Kier molecular flexibility index (Phi) is 5.61. The Balaban J connectivity index is 4.15. The van der Waals surface area contributed by atoms with Crippen molar-refractivity contribution in [3.8, 4) is 0 Å². The summed E-state index contributed by atoms with van der Waals surface area (Å²) >= 11 is 0. The van der Waals surface area contributed by atoms with E-state index in [2.05, 4.69) is 5.32 Å². The topological polar surface area (TPSA) is 75.6 Å². The average molecular weight is 245 g/mol. The van der Waals surface area contributed by atoms with Crippen LogP contribution >= 0.6 is 0 Å². The summed E-state index contributed by atoms with van der Waals surface area (Å²) in [7, 11) is 0. The highest BCUT2D eigenvalue weighted by Gasteiger charge is 2.36. The van der Waals surface area contributed by atoms with E-state index in [-0.39, 0.29) is 24.7 Å². The zero-order valence-corrected chi connectivity index (χ0v) is 11.3. The van der Waals surface area contributed by atoms with E-state index in [0.29, 0.717) is 6.61 Å². The molecular weight excluding hydrogens is 222 g/mol. The number of aliphatic hydroxyl groups is 1. The molecule has 0 fully saturated rings. The van der Waals surface area contributed by atoms with Gasteiger partial charge in [0, 0.05) is 6.42 Å². The van der Waals surface area contributed by atoms with Crippen LogP contribution < -0.4 is 5.32 Å². The summed E-state index contributed by atoms with van der Waals surface area (Å²) in [5, 5.41) is 12.5. The molecule has 0 aromatic rings. The molecule has 0 heterocycles. The Morgan fingerprint density at radius 2 is 1.71 bits per heavy atom. The van der Waals surface area contributed by atoms with Crippen molar-refractivity contribution in [3.05, 3.63) is 0 Å². The van der Waals surface area contributed by atoms with Crippen LogP contribution in [0.25, 0.3) is 0 Å². The van der Waals surface area contributed by atoms with Gasteiger partial charge in [-0.05, 0) is 34.6 Å². The first-order chi connectivity index (χ1) is 7.60. The summed E-state index contributed by atoms with van der Waals surface area (Å²) in [4.78, 5) is 22.6. The number of hydrogen-bond acceptors (Lipinski definition) is 4. The van der Waals surface area contributed by atoms with Crippen LogP contribution in [0.1, 0.15) is 47.5 Å². The Morgan fingerprint density at radius 3 is 2.12 bits per heavy atom. The summed E-state index contributed by atoms with van der Waals surface area (Å²) in [6.45, 7) is 8.74. The average Bonchev–Trinajstić information content (AvgIpc) is 2.12. The molecule has 0 aromatic heterocycles. The largest absolute Gasteiger partial charge is 0.466 e. The molecule has 17 heavy (non-hydrogen) atoms. The van der Waals surface area contributed by atoms with Gasteiger partial charge in [-0.15, -0.1) is 0 Å². The molecule has 0 radical (unpaired) electrons. The smallest absolute Gasteiger partial charge is 0.306 e. The molecule has 0 aliphatic carbocycles. The van der Waals surface area contributed by atoms with Crippen LogP contribution in [0.4, 0.5) is 0 Å². The number of nitrogens with one attached hydrogen (secondary N) is 1. The van der Waals surface area contributed by atoms with Crippen LogP contribution in [0.5, 0.6) is 0 Å². The first-order valence-corrected chi connectivity index (χ1v) is 5.79. The highest BCUT2D eigenvalue weighted by Crippen LogP contribution is 2.20. The maximum absolute atomic E-state index is 11.6. The third-order valence-corrected chi connectivity index (χ3v) is 2.84. The van der Waals surface area contributed by atoms with Crippen molar-refractivity contribution in [1.29, 1.82) is 0 Å². The molecule has 0 bridgehead atoms. The van der Waals surface area contributed by atoms with E-state index in [1.807, 2.05) is 0 Å². The van der Waals surface area contributed by atoms with Gasteiger partial charge in [-0.3, -0.25) is 9.59 Å². The molecule has 0 aliphatic heterocycles. The maximum atomic E-state index is 11.6. The lowest BCUT2D eigenvalue weighted by molar-refractivity contribution is -0.144. The Hall–Kier alpha value is -1.10. The maximum Gasteiger partial charge on any atom is 0.306 e. The molecule has 0 aromatic carbocycles. The number of rotatable bonds is 6. The first-order valence-electron chi connectivity index (χ1n) is 5.79. The van der Waals surface area contributed by atoms with E-state index in [1.54, 1.807) is 34.6 Å². The fraction of sp³-hybridized carbons (Fsp3) is 0.833. The Labute approximate surface area is 103 Å². The lowest BCUT2D eigenvalue weighted by Crippen LogP contribution is -2.57. The zero-order valence-electron chi connectivity index (χ0n) is 11.3. The fourth-order valence-electron chi connectivity index (χ4n) is 1.01. The SMILES string of the molecule is CCOC(=O)CCC(=O)NC(C)(C)C(C)(C)O. The third kappa shape index (κ3) is 5.68. The van der Waals surface area contributed by atoms with E-state index in [9.17, 15) is 14.7 Å². The van der Waals surface area contributed by atoms with E-state index >= 15 is 0 Å². The summed E-state index contributed by atoms with van der Waals surface area (Å²) in [5.74, 6) is -0.658. The Bertz CT molecular complexity index is 279. The van der Waals surface area contributed by atoms with E-state index in [1.165, 1.54) is 0 Å². The number of carbonyl (C=O) groups excluding carboxylic acids is 2. The second-order valence-corrected chi connectivity index (χ2v) is 5.04. The van der Waals surface area contributed by atoms with Crippen molar-refractivity contribution in [3.63, 3.8) is 0 Å². The summed E-state index contributed by atoms with van der Waals surface area (Å²) in [5.41, 5.74) is -1.79. The minimum atomic E-state index is -1.04. The molecule has 0 unspecified atom stereocenters. The first kappa shape index (κ1) is 15.9. The minimum absolute atomic E-state index is 0.0572. The number of ether oxygens (including phenoxy) is 1. The van der Waals surface area contributed by atoms with Gasteiger partial charge in [-0.1, -0.05) is 0 Å². The predicted molar refractivity (Wildman–Crippen MR) is 64.4 cm³/mol. The molecule has 1 amide bonds. The van der Waals surface area contributed by atoms with Crippen LogP contribution in [-0.2, 0) is 14.3 Å². The second-order valence-electron chi connectivity index (χ2n) is 5.04. The van der Waals surface area contributed by atoms with Crippen molar-refractivity contribution in [2.75, 3.05) is 6.61 Å². The van der Waals surface area contributed by atoms with Crippen molar-refractivity contribution in [1.82, 2.24) is 5.32 Å². The number of hydrogen-bond donors (Lipinski definition) is 2. The quantitative estimate of drug-likeness (QED) is 0.684. The van der Waals surface area contributed by atoms with Crippen LogP contribution in [0.15, 0.2) is 0 Å². The van der Waals surface area contributed by atoms with Gasteiger partial charge in [-0.2, -0.15) is 0 Å². The molecule has 0 spiro atoms. The van der Waals surface area contributed by atoms with E-state index < -0.39 is 11.1 Å². The summed E-state index contributed by atoms with van der Waals surface area (Å²) < 4.78 is 4.72. The summed E-state index contributed by atoms with van der Waals surface area (Å²) in [6, 6.07) is 0. The van der Waals surface area contributed by atoms with Gasteiger partial charge in [-0.25, -0.2) is 0 Å². The number of carbonyl (C=O) groups is 2. The summed E-state index contributed by atoms with van der Waals surface area (Å²) in [6.07, 6.45) is 0.125. The van der Waals surface area contributed by atoms with Crippen LogP contribution in [0, 0.1) is 0 Å². The zero-order chi connectivity index (χ0) is 13.7. The highest BCUT2D eigenvalue weighted by molar-refractivity contribution is 5.81. The predicted octanol–water partition coefficient (Wildman–Crippen LogP) is 0.995. The lowest BCUT2D eigenvalue weighted by Gasteiger charge is -2.38. The van der Waals surface area contributed by atoms with Gasteiger partial charge in [0.25, 0.3) is 0 Å². The van der Waals surface area contributed by atoms with Gasteiger partial charge in [0.2, 0.25) is 5.91 Å². The normalized spacial score (nSPS) is 12.1. The van der Waals surface area contributed by atoms with E-state index in [4.69, 9.17) is 4.74 Å². The standard InChI is InChI=1S/C12H23NO4/c1-6-17-10(15)8-7-9(14)13-11(2,3)12(4,5)16/h16H,6-8H2,1-5H3,(H,13,14). The van der Waals surface area contributed by atoms with Gasteiger partial charge >= 0.3 is 5.97 Å². The van der Waals surface area contributed by atoms with Crippen molar-refractivity contribution >= 4 is 11.9 Å². The number of amides is 1. The molecule has 0 saturated heterocycles. The molecule has 0 saturated carbocycles. The second kappa shape index (κ2) is 6.00. The fourth-order valence-corrected chi connectivity index (χ4v) is 1.01. The molecule has 0 aliphatic rings. The molecule has 0 rings (SSSR count). The molecule has 5 heteroatoms. The lowest BCUT2D eigenvalue weighted by atomic mass is 9.86. The van der Waals surface area contributed by atoms with Crippen LogP contribution in [0.3, 0.4) is 0 Å². The van der Waals surface area contributed by atoms with Crippen molar-refractivity contribution in [2.45, 2.75) is 58.6 Å². The van der Waals surface area contributed by atoms with Gasteiger partial charge in [0.05, 0.1) is 24.2 Å². The van der Waals surface area contributed by atoms with Gasteiger partial charge in [0.15, 0.2) is 0 Å². The van der Waals surface area contributed by atoms with Crippen molar-refractivity contribution < 1.29 is 19.4 Å². The monoisotopic (exact) mass is 245 g/mol. The van der Waals surface area contributed by atoms with Gasteiger partial charge < -0.3 is 15.2 Å². The molecule has 100 valence electrons. The molecule has 0 atom stereocenters. The van der Waals surface area contributed by atoms with Gasteiger partial charge in [0.1, 0.15) is 0 Å². The van der Waals surface area contributed by atoms with Crippen LogP contribution in [0.2, 0.25) is 0 Å². The minimum Gasteiger partial charge on any atom is -0.466 e. The van der Waals surface area contributed by atoms with E-state index in [0.717, 1.165) is 0 Å². The highest BCUT2D eigenvalue weighted by atomic mass is 16.5. The molecule has 5 nitrogen and oxygen atoms in total. The molecular formula is C12H23NO4. The number of esters is 1.